The largest absolute Gasteiger partial charge is 0.327 e. The van der Waals surface area contributed by atoms with Crippen LogP contribution in [-0.4, -0.2) is 6.04 Å². The van der Waals surface area contributed by atoms with Crippen LogP contribution in [0.5, 0.6) is 0 Å². The van der Waals surface area contributed by atoms with Gasteiger partial charge in [-0.1, -0.05) is 67.6 Å². The Morgan fingerprint density at radius 2 is 1.40 bits per heavy atom. The molecule has 1 heteroatoms. The maximum absolute atomic E-state index is 6.33. The summed E-state index contributed by atoms with van der Waals surface area (Å²) in [6.07, 6.45) is 4.55. The van der Waals surface area contributed by atoms with Crippen LogP contribution in [0.15, 0.2) is 60.7 Å². The van der Waals surface area contributed by atoms with Gasteiger partial charge in [0.15, 0.2) is 0 Å². The summed E-state index contributed by atoms with van der Waals surface area (Å²) in [5.41, 5.74) is 9.10. The summed E-state index contributed by atoms with van der Waals surface area (Å²) < 4.78 is 0. The van der Waals surface area contributed by atoms with E-state index in [1.807, 2.05) is 0 Å². The first-order chi connectivity index (χ1) is 9.75. The molecule has 0 bridgehead atoms. The van der Waals surface area contributed by atoms with Crippen LogP contribution in [0.3, 0.4) is 0 Å². The summed E-state index contributed by atoms with van der Waals surface area (Å²) >= 11 is 0. The molecule has 0 aliphatic rings. The van der Waals surface area contributed by atoms with E-state index in [-0.39, 0.29) is 6.04 Å². The van der Waals surface area contributed by atoms with Crippen molar-refractivity contribution in [2.75, 3.05) is 0 Å². The molecule has 20 heavy (non-hydrogen) atoms. The standard InChI is InChI=1S/C19H25N/c1-16(9-8-14-17-10-4-2-5-11-17)19(20)15-18-12-6-3-7-13-18/h2-7,10-13,16,19H,8-9,14-15,20H2,1H3. The van der Waals surface area contributed by atoms with E-state index < -0.39 is 0 Å². The van der Waals surface area contributed by atoms with Crippen LogP contribution >= 0.6 is 0 Å². The van der Waals surface area contributed by atoms with Gasteiger partial charge in [-0.25, -0.2) is 0 Å². The Hall–Kier alpha value is -1.60. The third kappa shape index (κ3) is 4.82. The molecule has 2 atom stereocenters. The number of aryl methyl sites for hydroxylation is 1. The maximum Gasteiger partial charge on any atom is 0.0105 e. The van der Waals surface area contributed by atoms with E-state index in [4.69, 9.17) is 5.73 Å². The molecule has 2 unspecified atom stereocenters. The van der Waals surface area contributed by atoms with Crippen molar-refractivity contribution in [2.24, 2.45) is 11.7 Å². The van der Waals surface area contributed by atoms with Crippen LogP contribution < -0.4 is 5.73 Å². The first-order valence-electron chi connectivity index (χ1n) is 7.59. The minimum absolute atomic E-state index is 0.258. The smallest absolute Gasteiger partial charge is 0.0105 e. The van der Waals surface area contributed by atoms with Crippen molar-refractivity contribution < 1.29 is 0 Å². The van der Waals surface area contributed by atoms with Gasteiger partial charge in [0.05, 0.1) is 0 Å². The Labute approximate surface area is 122 Å². The van der Waals surface area contributed by atoms with E-state index in [1.165, 1.54) is 24.0 Å². The third-order valence-electron chi connectivity index (χ3n) is 4.01. The normalized spacial score (nSPS) is 13.9. The first kappa shape index (κ1) is 14.8. The van der Waals surface area contributed by atoms with Crippen LogP contribution in [0.25, 0.3) is 0 Å². The fourth-order valence-electron chi connectivity index (χ4n) is 2.57. The van der Waals surface area contributed by atoms with Crippen molar-refractivity contribution in [3.8, 4) is 0 Å². The third-order valence-corrected chi connectivity index (χ3v) is 4.01. The van der Waals surface area contributed by atoms with Crippen LogP contribution in [0.2, 0.25) is 0 Å². The Kier molecular flexibility index (Phi) is 5.82. The lowest BCUT2D eigenvalue weighted by molar-refractivity contribution is 0.413. The molecule has 0 aliphatic carbocycles. The van der Waals surface area contributed by atoms with Gasteiger partial charge in [0.25, 0.3) is 0 Å². The average molecular weight is 267 g/mol. The van der Waals surface area contributed by atoms with Crippen LogP contribution in [0.4, 0.5) is 0 Å². The molecule has 0 radical (unpaired) electrons. The van der Waals surface area contributed by atoms with Crippen LogP contribution in [-0.2, 0) is 12.8 Å². The van der Waals surface area contributed by atoms with Gasteiger partial charge in [0.2, 0.25) is 0 Å². The van der Waals surface area contributed by atoms with Crippen LogP contribution in [0.1, 0.15) is 30.9 Å². The number of hydrogen-bond acceptors (Lipinski definition) is 1. The molecule has 2 aromatic carbocycles. The second kappa shape index (κ2) is 7.86. The fraction of sp³-hybridized carbons (Fsp3) is 0.368. The molecule has 0 saturated heterocycles. The molecular formula is C19H25N. The lowest BCUT2D eigenvalue weighted by atomic mass is 9.91. The molecule has 2 rings (SSSR count). The molecule has 2 N–H and O–H groups in total. The van der Waals surface area contributed by atoms with E-state index in [1.54, 1.807) is 0 Å². The summed E-state index contributed by atoms with van der Waals surface area (Å²) in [6, 6.07) is 21.5. The molecule has 2 aromatic rings. The minimum atomic E-state index is 0.258. The average Bonchev–Trinajstić information content (AvgIpc) is 2.49. The molecule has 0 saturated carbocycles. The highest BCUT2D eigenvalue weighted by Crippen LogP contribution is 2.15. The zero-order valence-corrected chi connectivity index (χ0v) is 12.3. The van der Waals surface area contributed by atoms with Crippen molar-refractivity contribution in [1.82, 2.24) is 0 Å². The minimum Gasteiger partial charge on any atom is -0.327 e. The maximum atomic E-state index is 6.33. The molecule has 106 valence electrons. The molecule has 0 amide bonds. The predicted octanol–water partition coefficient (Wildman–Crippen LogP) is 4.22. The summed E-state index contributed by atoms with van der Waals surface area (Å²) in [6.45, 7) is 2.28. The van der Waals surface area contributed by atoms with Gasteiger partial charge in [-0.3, -0.25) is 0 Å². The Morgan fingerprint density at radius 1 is 0.850 bits per heavy atom. The Morgan fingerprint density at radius 3 is 2.00 bits per heavy atom. The van der Waals surface area contributed by atoms with E-state index in [2.05, 4.69) is 67.6 Å². The zero-order chi connectivity index (χ0) is 14.2. The highest BCUT2D eigenvalue weighted by atomic mass is 14.6. The predicted molar refractivity (Wildman–Crippen MR) is 86.7 cm³/mol. The van der Waals surface area contributed by atoms with E-state index in [9.17, 15) is 0 Å². The Bertz CT molecular complexity index is 478. The second-order valence-electron chi connectivity index (χ2n) is 5.71. The van der Waals surface area contributed by atoms with E-state index in [0.29, 0.717) is 5.92 Å². The van der Waals surface area contributed by atoms with Gasteiger partial charge < -0.3 is 5.73 Å². The number of hydrogen-bond donors (Lipinski definition) is 1. The van der Waals surface area contributed by atoms with Crippen LogP contribution in [0, 0.1) is 5.92 Å². The SMILES string of the molecule is CC(CCCc1ccccc1)C(N)Cc1ccccc1. The van der Waals surface area contributed by atoms with E-state index >= 15 is 0 Å². The van der Waals surface area contributed by atoms with Gasteiger partial charge in [-0.05, 0) is 42.7 Å². The summed E-state index contributed by atoms with van der Waals surface area (Å²) in [7, 11) is 0. The quantitative estimate of drug-likeness (QED) is 0.798. The number of benzene rings is 2. The molecule has 0 fully saturated rings. The summed E-state index contributed by atoms with van der Waals surface area (Å²) in [5.74, 6) is 0.568. The lowest BCUT2D eigenvalue weighted by Crippen LogP contribution is -2.30. The highest BCUT2D eigenvalue weighted by Gasteiger charge is 2.12. The topological polar surface area (TPSA) is 26.0 Å². The molecular weight excluding hydrogens is 242 g/mol. The molecule has 0 aliphatic heterocycles. The van der Waals surface area contributed by atoms with Gasteiger partial charge >= 0.3 is 0 Å². The van der Waals surface area contributed by atoms with E-state index in [0.717, 1.165) is 12.8 Å². The fourth-order valence-corrected chi connectivity index (χ4v) is 2.57. The lowest BCUT2D eigenvalue weighted by Gasteiger charge is -2.20. The summed E-state index contributed by atoms with van der Waals surface area (Å²) in [4.78, 5) is 0. The monoisotopic (exact) mass is 267 g/mol. The van der Waals surface area contributed by atoms with Gasteiger partial charge in [0.1, 0.15) is 0 Å². The van der Waals surface area contributed by atoms with Gasteiger partial charge in [0, 0.05) is 6.04 Å². The first-order valence-corrected chi connectivity index (χ1v) is 7.59. The molecule has 0 spiro atoms. The molecule has 1 nitrogen and oxygen atoms in total. The number of nitrogens with two attached hydrogens (primary N) is 1. The van der Waals surface area contributed by atoms with Crippen molar-refractivity contribution in [2.45, 2.75) is 38.6 Å². The van der Waals surface area contributed by atoms with Gasteiger partial charge in [-0.15, -0.1) is 0 Å². The Balaban J connectivity index is 1.73. The van der Waals surface area contributed by atoms with Crippen molar-refractivity contribution in [3.63, 3.8) is 0 Å². The number of rotatable bonds is 7. The van der Waals surface area contributed by atoms with Crippen molar-refractivity contribution in [1.29, 1.82) is 0 Å². The van der Waals surface area contributed by atoms with Crippen molar-refractivity contribution >= 4 is 0 Å². The summed E-state index contributed by atoms with van der Waals surface area (Å²) in [5, 5.41) is 0. The van der Waals surface area contributed by atoms with Gasteiger partial charge in [-0.2, -0.15) is 0 Å². The zero-order valence-electron chi connectivity index (χ0n) is 12.3. The highest BCUT2D eigenvalue weighted by molar-refractivity contribution is 5.16. The van der Waals surface area contributed by atoms with Crippen molar-refractivity contribution in [3.05, 3.63) is 71.8 Å². The molecule has 0 heterocycles. The molecule has 0 aromatic heterocycles. The second-order valence-corrected chi connectivity index (χ2v) is 5.71.